The number of carbonyl (C=O) groups is 1. The minimum absolute atomic E-state index is 0.0232. The quantitative estimate of drug-likeness (QED) is 0.857. The van der Waals surface area contributed by atoms with Crippen molar-refractivity contribution >= 4 is 16.8 Å². The number of hydrogen-bond acceptors (Lipinski definition) is 3. The Hall–Kier alpha value is -2.21. The smallest absolute Gasteiger partial charge is 0.242 e. The van der Waals surface area contributed by atoms with Crippen LogP contribution in [0.1, 0.15) is 6.92 Å². The Kier molecular flexibility index (Phi) is 4.43. The van der Waals surface area contributed by atoms with E-state index in [4.69, 9.17) is 0 Å². The molecule has 3 rings (SSSR count). The number of halogens is 1. The van der Waals surface area contributed by atoms with Gasteiger partial charge in [-0.1, -0.05) is 6.92 Å². The SMILES string of the molecule is CCN1CCN(C(=O)Cn2ccc(=O)c3cc(F)ccc32)CC1. The fourth-order valence-corrected chi connectivity index (χ4v) is 2.98. The summed E-state index contributed by atoms with van der Waals surface area (Å²) in [4.78, 5) is 28.5. The molecule has 0 unspecified atom stereocenters. The summed E-state index contributed by atoms with van der Waals surface area (Å²) in [6.45, 7) is 6.49. The van der Waals surface area contributed by atoms with Crippen molar-refractivity contribution < 1.29 is 9.18 Å². The van der Waals surface area contributed by atoms with Crippen LogP contribution in [0.3, 0.4) is 0 Å². The summed E-state index contributed by atoms with van der Waals surface area (Å²) in [5.74, 6) is -0.426. The van der Waals surface area contributed by atoms with Gasteiger partial charge in [0, 0.05) is 43.8 Å². The van der Waals surface area contributed by atoms with E-state index < -0.39 is 5.82 Å². The Bertz CT molecular complexity index is 779. The van der Waals surface area contributed by atoms with Crippen molar-refractivity contribution in [2.45, 2.75) is 13.5 Å². The van der Waals surface area contributed by atoms with E-state index in [0.29, 0.717) is 10.9 Å². The molecule has 122 valence electrons. The normalized spacial score (nSPS) is 16.0. The predicted octanol–water partition coefficient (Wildman–Crippen LogP) is 1.30. The van der Waals surface area contributed by atoms with Gasteiger partial charge in [-0.05, 0) is 24.7 Å². The molecule has 0 aliphatic carbocycles. The summed E-state index contributed by atoms with van der Waals surface area (Å²) in [5, 5.41) is 0.302. The van der Waals surface area contributed by atoms with E-state index in [2.05, 4.69) is 11.8 Å². The van der Waals surface area contributed by atoms with Crippen LogP contribution < -0.4 is 5.43 Å². The third kappa shape index (κ3) is 3.27. The van der Waals surface area contributed by atoms with Gasteiger partial charge in [-0.15, -0.1) is 0 Å². The van der Waals surface area contributed by atoms with Crippen LogP contribution in [0.2, 0.25) is 0 Å². The molecule has 0 bridgehead atoms. The minimum Gasteiger partial charge on any atom is -0.339 e. The summed E-state index contributed by atoms with van der Waals surface area (Å²) < 4.78 is 15.1. The maximum atomic E-state index is 13.3. The topological polar surface area (TPSA) is 45.5 Å². The van der Waals surface area contributed by atoms with E-state index in [9.17, 15) is 14.0 Å². The molecule has 1 fully saturated rings. The molecule has 1 aromatic heterocycles. The number of aromatic nitrogens is 1. The van der Waals surface area contributed by atoms with E-state index in [-0.39, 0.29) is 17.9 Å². The van der Waals surface area contributed by atoms with Crippen LogP contribution in [0.25, 0.3) is 10.9 Å². The number of hydrogen-bond donors (Lipinski definition) is 0. The molecule has 6 heteroatoms. The highest BCUT2D eigenvalue weighted by Crippen LogP contribution is 2.13. The van der Waals surface area contributed by atoms with Gasteiger partial charge in [0.15, 0.2) is 5.43 Å². The Morgan fingerprint density at radius 3 is 2.61 bits per heavy atom. The van der Waals surface area contributed by atoms with E-state index in [1.54, 1.807) is 16.8 Å². The first-order valence-corrected chi connectivity index (χ1v) is 7.87. The third-order valence-electron chi connectivity index (χ3n) is 4.42. The zero-order chi connectivity index (χ0) is 16.4. The van der Waals surface area contributed by atoms with Crippen LogP contribution in [-0.4, -0.2) is 53.0 Å². The molecule has 1 amide bonds. The molecule has 0 atom stereocenters. The number of rotatable bonds is 3. The van der Waals surface area contributed by atoms with Crippen LogP contribution >= 0.6 is 0 Å². The molecule has 0 radical (unpaired) electrons. The lowest BCUT2D eigenvalue weighted by Gasteiger charge is -2.34. The second-order valence-electron chi connectivity index (χ2n) is 5.78. The van der Waals surface area contributed by atoms with Gasteiger partial charge < -0.3 is 14.4 Å². The standard InChI is InChI=1S/C17H20FN3O2/c1-2-19-7-9-20(10-8-19)17(23)12-21-6-5-16(22)14-11-13(18)3-4-15(14)21/h3-6,11H,2,7-10,12H2,1H3. The highest BCUT2D eigenvalue weighted by molar-refractivity contribution is 5.82. The molecule has 2 heterocycles. The summed E-state index contributed by atoms with van der Waals surface area (Å²) in [5.41, 5.74) is 0.346. The molecule has 1 aliphatic heterocycles. The molecule has 23 heavy (non-hydrogen) atoms. The average molecular weight is 317 g/mol. The number of amides is 1. The van der Waals surface area contributed by atoms with Crippen molar-refractivity contribution in [2.24, 2.45) is 0 Å². The van der Waals surface area contributed by atoms with E-state index in [0.717, 1.165) is 32.7 Å². The second-order valence-corrected chi connectivity index (χ2v) is 5.78. The van der Waals surface area contributed by atoms with E-state index in [1.165, 1.54) is 18.2 Å². The van der Waals surface area contributed by atoms with Gasteiger partial charge in [0.1, 0.15) is 12.4 Å². The van der Waals surface area contributed by atoms with Gasteiger partial charge in [-0.25, -0.2) is 4.39 Å². The molecule has 0 N–H and O–H groups in total. The van der Waals surface area contributed by atoms with Crippen LogP contribution in [0.15, 0.2) is 35.3 Å². The predicted molar refractivity (Wildman–Crippen MR) is 86.9 cm³/mol. The molecule has 0 spiro atoms. The third-order valence-corrected chi connectivity index (χ3v) is 4.42. The molecule has 5 nitrogen and oxygen atoms in total. The van der Waals surface area contributed by atoms with Crippen molar-refractivity contribution in [1.29, 1.82) is 0 Å². The van der Waals surface area contributed by atoms with E-state index >= 15 is 0 Å². The number of piperazine rings is 1. The second kappa shape index (κ2) is 6.50. The summed E-state index contributed by atoms with van der Waals surface area (Å²) in [6.07, 6.45) is 1.60. The number of fused-ring (bicyclic) bond motifs is 1. The van der Waals surface area contributed by atoms with Gasteiger partial charge in [-0.3, -0.25) is 9.59 Å². The van der Waals surface area contributed by atoms with Gasteiger partial charge in [0.05, 0.1) is 5.52 Å². The van der Waals surface area contributed by atoms with Gasteiger partial charge in [0.2, 0.25) is 5.91 Å². The van der Waals surface area contributed by atoms with Crippen molar-refractivity contribution in [1.82, 2.24) is 14.4 Å². The Morgan fingerprint density at radius 2 is 1.91 bits per heavy atom. The molecule has 2 aromatic rings. The fourth-order valence-electron chi connectivity index (χ4n) is 2.98. The molecular weight excluding hydrogens is 297 g/mol. The summed E-state index contributed by atoms with van der Waals surface area (Å²) in [7, 11) is 0. The number of likely N-dealkylation sites (N-methyl/N-ethyl adjacent to an activating group) is 1. The molecule has 1 saturated heterocycles. The van der Waals surface area contributed by atoms with Crippen LogP contribution in [-0.2, 0) is 11.3 Å². The number of pyridine rings is 1. The number of benzene rings is 1. The largest absolute Gasteiger partial charge is 0.339 e. The van der Waals surface area contributed by atoms with Gasteiger partial charge in [-0.2, -0.15) is 0 Å². The lowest BCUT2D eigenvalue weighted by molar-refractivity contribution is -0.133. The maximum Gasteiger partial charge on any atom is 0.242 e. The Morgan fingerprint density at radius 1 is 1.17 bits per heavy atom. The van der Waals surface area contributed by atoms with Crippen molar-refractivity contribution in [3.8, 4) is 0 Å². The Balaban J connectivity index is 1.81. The minimum atomic E-state index is -0.450. The van der Waals surface area contributed by atoms with E-state index in [1.807, 2.05) is 4.90 Å². The summed E-state index contributed by atoms with van der Waals surface area (Å²) >= 11 is 0. The average Bonchev–Trinajstić information content (AvgIpc) is 2.57. The van der Waals surface area contributed by atoms with Gasteiger partial charge >= 0.3 is 0 Å². The first-order chi connectivity index (χ1) is 11.1. The van der Waals surface area contributed by atoms with Crippen LogP contribution in [0.5, 0.6) is 0 Å². The monoisotopic (exact) mass is 317 g/mol. The number of carbonyl (C=O) groups excluding carboxylic acids is 1. The molecule has 1 aromatic carbocycles. The lowest BCUT2D eigenvalue weighted by atomic mass is 10.2. The first kappa shape index (κ1) is 15.7. The van der Waals surface area contributed by atoms with Crippen molar-refractivity contribution in [3.63, 3.8) is 0 Å². The molecular formula is C17H20FN3O2. The first-order valence-electron chi connectivity index (χ1n) is 7.87. The Labute approximate surface area is 133 Å². The fraction of sp³-hybridized carbons (Fsp3) is 0.412. The van der Waals surface area contributed by atoms with Crippen molar-refractivity contribution in [2.75, 3.05) is 32.7 Å². The van der Waals surface area contributed by atoms with Gasteiger partial charge in [0.25, 0.3) is 0 Å². The molecule has 1 aliphatic rings. The van der Waals surface area contributed by atoms with Crippen LogP contribution in [0.4, 0.5) is 4.39 Å². The maximum absolute atomic E-state index is 13.3. The summed E-state index contributed by atoms with van der Waals surface area (Å²) in [6, 6.07) is 5.46. The highest BCUT2D eigenvalue weighted by Gasteiger charge is 2.20. The lowest BCUT2D eigenvalue weighted by Crippen LogP contribution is -2.49. The van der Waals surface area contributed by atoms with Crippen LogP contribution in [0, 0.1) is 5.82 Å². The number of nitrogens with zero attached hydrogens (tertiary/aromatic N) is 3. The zero-order valence-corrected chi connectivity index (χ0v) is 13.2. The highest BCUT2D eigenvalue weighted by atomic mass is 19.1. The zero-order valence-electron chi connectivity index (χ0n) is 13.2. The molecule has 0 saturated carbocycles. The van der Waals surface area contributed by atoms with Crippen molar-refractivity contribution in [3.05, 3.63) is 46.5 Å².